The van der Waals surface area contributed by atoms with Gasteiger partial charge in [0.25, 0.3) is 0 Å². The summed E-state index contributed by atoms with van der Waals surface area (Å²) < 4.78 is 16.7. The highest BCUT2D eigenvalue weighted by atomic mass is 16.5. The van der Waals surface area contributed by atoms with Crippen LogP contribution in [0.15, 0.2) is 42.5 Å². The molecule has 0 spiro atoms. The predicted molar refractivity (Wildman–Crippen MR) is 132 cm³/mol. The molecule has 3 aliphatic rings. The first-order valence-corrected chi connectivity index (χ1v) is 12.2. The van der Waals surface area contributed by atoms with E-state index in [1.165, 1.54) is 18.4 Å². The fourth-order valence-electron chi connectivity index (χ4n) is 4.51. The molecule has 2 saturated heterocycles. The van der Waals surface area contributed by atoms with E-state index < -0.39 is 0 Å². The number of rotatable bonds is 8. The van der Waals surface area contributed by atoms with E-state index in [1.807, 2.05) is 30.3 Å². The molecule has 0 bridgehead atoms. The third-order valence-corrected chi connectivity index (χ3v) is 6.70. The molecule has 1 N–H and O–H groups in total. The minimum absolute atomic E-state index is 0.174. The average molecular weight is 469 g/mol. The highest BCUT2D eigenvalue weighted by Gasteiger charge is 2.24. The van der Waals surface area contributed by atoms with E-state index in [2.05, 4.69) is 4.90 Å². The van der Waals surface area contributed by atoms with Gasteiger partial charge in [0.05, 0.1) is 13.2 Å². The monoisotopic (exact) mass is 468 g/mol. The van der Waals surface area contributed by atoms with Crippen LogP contribution < -0.4 is 14.4 Å². The van der Waals surface area contributed by atoms with E-state index in [1.54, 1.807) is 31.3 Å². The van der Waals surface area contributed by atoms with Crippen LogP contribution in [0.3, 0.4) is 0 Å². The molecular formula is C27H36N2O5. The van der Waals surface area contributed by atoms with Crippen molar-refractivity contribution in [2.45, 2.75) is 44.1 Å². The number of amides is 1. The van der Waals surface area contributed by atoms with Crippen molar-refractivity contribution in [2.24, 2.45) is 0 Å². The predicted octanol–water partition coefficient (Wildman–Crippen LogP) is 4.19. The quantitative estimate of drug-likeness (QED) is 0.626. The van der Waals surface area contributed by atoms with E-state index in [9.17, 15) is 4.79 Å². The molecule has 1 saturated carbocycles. The van der Waals surface area contributed by atoms with Crippen molar-refractivity contribution >= 4 is 11.6 Å². The summed E-state index contributed by atoms with van der Waals surface area (Å²) in [6.07, 6.45) is 5.61. The molecule has 34 heavy (non-hydrogen) atoms. The lowest BCUT2D eigenvalue weighted by molar-refractivity contribution is -0.117. The summed E-state index contributed by atoms with van der Waals surface area (Å²) >= 11 is 0. The highest BCUT2D eigenvalue weighted by Crippen LogP contribution is 2.40. The van der Waals surface area contributed by atoms with Crippen LogP contribution in [0.5, 0.6) is 17.2 Å². The maximum Gasteiger partial charge on any atom is 0.227 e. The van der Waals surface area contributed by atoms with E-state index in [4.69, 9.17) is 19.3 Å². The fraction of sp³-hybridized carbons (Fsp3) is 0.519. The van der Waals surface area contributed by atoms with Crippen molar-refractivity contribution in [3.05, 3.63) is 48.0 Å². The van der Waals surface area contributed by atoms with Crippen LogP contribution in [0, 0.1) is 0 Å². The van der Waals surface area contributed by atoms with Crippen molar-refractivity contribution in [3.63, 3.8) is 0 Å². The maximum atomic E-state index is 11.9. The van der Waals surface area contributed by atoms with Crippen molar-refractivity contribution in [3.8, 4) is 17.2 Å². The molecule has 5 rings (SSSR count). The number of anilines is 1. The van der Waals surface area contributed by atoms with Gasteiger partial charge >= 0.3 is 0 Å². The van der Waals surface area contributed by atoms with Crippen LogP contribution in [-0.4, -0.2) is 69.0 Å². The van der Waals surface area contributed by atoms with Gasteiger partial charge < -0.3 is 24.2 Å². The normalized spacial score (nSPS) is 20.2. The molecular weight excluding hydrogens is 432 g/mol. The van der Waals surface area contributed by atoms with E-state index in [0.717, 1.165) is 56.4 Å². The fourth-order valence-corrected chi connectivity index (χ4v) is 4.51. The second kappa shape index (κ2) is 11.6. The zero-order chi connectivity index (χ0) is 23.9. The smallest absolute Gasteiger partial charge is 0.227 e. The van der Waals surface area contributed by atoms with Crippen LogP contribution >= 0.6 is 0 Å². The molecule has 0 aromatic heterocycles. The van der Waals surface area contributed by atoms with Crippen LogP contribution in [0.25, 0.3) is 0 Å². The number of likely N-dealkylation sites (tertiary alicyclic amines) is 1. The number of methoxy groups -OCH3 is 2. The molecule has 184 valence electrons. The Kier molecular flexibility index (Phi) is 8.29. The number of carbonyl (C=O) groups excluding carboxylic acids is 1. The van der Waals surface area contributed by atoms with Crippen LogP contribution in [0.1, 0.15) is 43.6 Å². The summed E-state index contributed by atoms with van der Waals surface area (Å²) in [5, 5.41) is 8.96. The van der Waals surface area contributed by atoms with E-state index in [0.29, 0.717) is 30.6 Å². The summed E-state index contributed by atoms with van der Waals surface area (Å²) in [5.74, 6) is 2.72. The third-order valence-electron chi connectivity index (χ3n) is 6.70. The number of phenolic OH excluding ortho intramolecular Hbond substituents is 1. The SMILES string of the molecule is COc1cc(N2CCCC2=O)ccc1OCCN1CCC(OC)C1.Oc1ccc(C2CC2)cc1. The van der Waals surface area contributed by atoms with Crippen molar-refractivity contribution in [1.29, 1.82) is 0 Å². The number of benzene rings is 2. The Hall–Kier alpha value is -2.77. The average Bonchev–Trinajstić information content (AvgIpc) is 3.45. The summed E-state index contributed by atoms with van der Waals surface area (Å²) in [7, 11) is 3.39. The van der Waals surface area contributed by atoms with Gasteiger partial charge in [0, 0.05) is 51.5 Å². The molecule has 3 fully saturated rings. The number of aromatic hydroxyl groups is 1. The maximum absolute atomic E-state index is 11.9. The Balaban J connectivity index is 0.000000226. The second-order valence-electron chi connectivity index (χ2n) is 9.15. The molecule has 2 aromatic carbocycles. The Morgan fingerprint density at radius 2 is 1.79 bits per heavy atom. The lowest BCUT2D eigenvalue weighted by Crippen LogP contribution is -2.27. The van der Waals surface area contributed by atoms with Gasteiger partial charge in [-0.2, -0.15) is 0 Å². The first-order chi connectivity index (χ1) is 16.6. The molecule has 1 amide bonds. The Labute approximate surface area is 202 Å². The molecule has 0 radical (unpaired) electrons. The second-order valence-corrected chi connectivity index (χ2v) is 9.15. The van der Waals surface area contributed by atoms with Crippen molar-refractivity contribution in [2.75, 3.05) is 51.9 Å². The molecule has 1 aliphatic carbocycles. The summed E-state index contributed by atoms with van der Waals surface area (Å²) in [6, 6.07) is 13.2. The molecule has 1 unspecified atom stereocenters. The molecule has 7 heteroatoms. The van der Waals surface area contributed by atoms with Gasteiger partial charge in [-0.15, -0.1) is 0 Å². The molecule has 2 aromatic rings. The van der Waals surface area contributed by atoms with Gasteiger partial charge in [0.15, 0.2) is 11.5 Å². The van der Waals surface area contributed by atoms with Crippen LogP contribution in [-0.2, 0) is 9.53 Å². The lowest BCUT2D eigenvalue weighted by Gasteiger charge is -2.19. The molecule has 2 aliphatic heterocycles. The van der Waals surface area contributed by atoms with Crippen molar-refractivity contribution in [1.82, 2.24) is 4.90 Å². The first-order valence-electron chi connectivity index (χ1n) is 12.2. The minimum Gasteiger partial charge on any atom is -0.508 e. The van der Waals surface area contributed by atoms with Gasteiger partial charge in [-0.1, -0.05) is 12.1 Å². The number of hydrogen-bond acceptors (Lipinski definition) is 6. The van der Waals surface area contributed by atoms with Gasteiger partial charge in [-0.05, 0) is 61.4 Å². The summed E-state index contributed by atoms with van der Waals surface area (Å²) in [4.78, 5) is 16.0. The topological polar surface area (TPSA) is 71.5 Å². The zero-order valence-electron chi connectivity index (χ0n) is 20.2. The first kappa shape index (κ1) is 24.4. The van der Waals surface area contributed by atoms with Crippen LogP contribution in [0.2, 0.25) is 0 Å². The molecule has 2 heterocycles. The highest BCUT2D eigenvalue weighted by molar-refractivity contribution is 5.95. The van der Waals surface area contributed by atoms with E-state index >= 15 is 0 Å². The number of nitrogens with zero attached hydrogens (tertiary/aromatic N) is 2. The van der Waals surface area contributed by atoms with Gasteiger partial charge in [-0.3, -0.25) is 9.69 Å². The van der Waals surface area contributed by atoms with Crippen molar-refractivity contribution < 1.29 is 24.1 Å². The Bertz CT molecular complexity index is 945. The number of ether oxygens (including phenoxy) is 3. The summed E-state index contributed by atoms with van der Waals surface area (Å²) in [5.41, 5.74) is 2.25. The standard InChI is InChI=1S/C18H26N2O4.C9H10O/c1-22-15-7-9-19(13-15)10-11-24-16-6-5-14(12-17(16)23-2)20-8-3-4-18(20)21;10-9-5-3-8(4-6-9)7-1-2-7/h5-6,12,15H,3-4,7-11,13H2,1-2H3;3-7,10H,1-2H2. The molecule has 1 atom stereocenters. The number of carbonyl (C=O) groups is 1. The Morgan fingerprint density at radius 1 is 1.00 bits per heavy atom. The summed E-state index contributed by atoms with van der Waals surface area (Å²) in [6.45, 7) is 4.27. The Morgan fingerprint density at radius 3 is 2.41 bits per heavy atom. The van der Waals surface area contributed by atoms with Crippen LogP contribution in [0.4, 0.5) is 5.69 Å². The van der Waals surface area contributed by atoms with Gasteiger partial charge in [-0.25, -0.2) is 0 Å². The zero-order valence-corrected chi connectivity index (χ0v) is 20.2. The minimum atomic E-state index is 0.174. The van der Waals surface area contributed by atoms with Gasteiger partial charge in [0.1, 0.15) is 12.4 Å². The molecule has 7 nitrogen and oxygen atoms in total. The number of phenols is 1. The third kappa shape index (κ3) is 6.42. The lowest BCUT2D eigenvalue weighted by atomic mass is 10.1. The van der Waals surface area contributed by atoms with E-state index in [-0.39, 0.29) is 5.91 Å². The largest absolute Gasteiger partial charge is 0.508 e. The number of hydrogen-bond donors (Lipinski definition) is 1. The van der Waals surface area contributed by atoms with Gasteiger partial charge in [0.2, 0.25) is 5.91 Å².